The molecular formula is C20H17FN4OS. The second-order valence-corrected chi connectivity index (χ2v) is 7.02. The molecule has 4 aromatic rings. The Morgan fingerprint density at radius 1 is 1.19 bits per heavy atom. The predicted molar refractivity (Wildman–Crippen MR) is 103 cm³/mol. The number of rotatable bonds is 5. The fourth-order valence-electron chi connectivity index (χ4n) is 2.84. The van der Waals surface area contributed by atoms with E-state index in [0.717, 1.165) is 21.8 Å². The Bertz CT molecular complexity index is 1100. The van der Waals surface area contributed by atoms with Gasteiger partial charge in [0.1, 0.15) is 5.82 Å². The predicted octanol–water partition coefficient (Wildman–Crippen LogP) is 3.88. The van der Waals surface area contributed by atoms with E-state index in [4.69, 9.17) is 0 Å². The largest absolute Gasteiger partial charge is 0.352 e. The van der Waals surface area contributed by atoms with Crippen LogP contribution in [0.1, 0.15) is 21.6 Å². The third-order valence-corrected chi connectivity index (χ3v) is 5.17. The molecule has 0 spiro atoms. The van der Waals surface area contributed by atoms with E-state index in [1.807, 2.05) is 36.6 Å². The van der Waals surface area contributed by atoms with Gasteiger partial charge in [-0.15, -0.1) is 16.4 Å². The van der Waals surface area contributed by atoms with Gasteiger partial charge < -0.3 is 5.32 Å². The van der Waals surface area contributed by atoms with Crippen LogP contribution >= 0.6 is 11.3 Å². The van der Waals surface area contributed by atoms with Gasteiger partial charge in [-0.1, -0.05) is 18.2 Å². The number of hydrogen-bond acceptors (Lipinski definition) is 4. The van der Waals surface area contributed by atoms with E-state index in [1.165, 1.54) is 23.5 Å². The maximum absolute atomic E-state index is 13.1. The lowest BCUT2D eigenvalue weighted by Crippen LogP contribution is -2.26. The molecule has 0 saturated carbocycles. The van der Waals surface area contributed by atoms with Crippen LogP contribution in [0.5, 0.6) is 0 Å². The number of benzene rings is 2. The molecule has 0 aliphatic rings. The SMILES string of the molecule is Cc1ccccc1C(=O)NCCc1csc2nc(-c3ccc(F)cc3)nn12. The fraction of sp³-hybridized carbons (Fsp3) is 0.150. The first-order valence-electron chi connectivity index (χ1n) is 8.55. The fourth-order valence-corrected chi connectivity index (χ4v) is 3.70. The number of thiazole rings is 1. The smallest absolute Gasteiger partial charge is 0.251 e. The molecule has 5 nitrogen and oxygen atoms in total. The normalized spacial score (nSPS) is 11.0. The lowest BCUT2D eigenvalue weighted by molar-refractivity contribution is 0.0953. The number of carbonyl (C=O) groups is 1. The number of hydrogen-bond donors (Lipinski definition) is 1. The van der Waals surface area contributed by atoms with Crippen molar-refractivity contribution in [3.05, 3.63) is 76.5 Å². The topological polar surface area (TPSA) is 59.3 Å². The summed E-state index contributed by atoms with van der Waals surface area (Å²) in [5, 5.41) is 9.46. The number of carbonyl (C=O) groups excluding carboxylic acids is 1. The Labute approximate surface area is 159 Å². The molecule has 2 aromatic heterocycles. The van der Waals surface area contributed by atoms with Gasteiger partial charge in [0, 0.05) is 29.5 Å². The highest BCUT2D eigenvalue weighted by Gasteiger charge is 2.12. The van der Waals surface area contributed by atoms with Crippen LogP contribution in [0.2, 0.25) is 0 Å². The standard InChI is InChI=1S/C20H17FN4OS/c1-13-4-2-3-5-17(13)19(26)22-11-10-16-12-27-20-23-18(24-25(16)20)14-6-8-15(21)9-7-14/h2-9,12H,10-11H2,1H3,(H,22,26). The number of aryl methyl sites for hydroxylation is 1. The van der Waals surface area contributed by atoms with Crippen LogP contribution in [0.25, 0.3) is 16.3 Å². The minimum absolute atomic E-state index is 0.0786. The van der Waals surface area contributed by atoms with Crippen LogP contribution in [0.4, 0.5) is 4.39 Å². The quantitative estimate of drug-likeness (QED) is 0.572. The van der Waals surface area contributed by atoms with Crippen LogP contribution < -0.4 is 5.32 Å². The summed E-state index contributed by atoms with van der Waals surface area (Å²) in [5.74, 6) is 0.196. The molecule has 4 rings (SSSR count). The van der Waals surface area contributed by atoms with E-state index in [-0.39, 0.29) is 11.7 Å². The van der Waals surface area contributed by atoms with Gasteiger partial charge in [-0.25, -0.2) is 8.91 Å². The average molecular weight is 380 g/mol. The molecule has 0 aliphatic heterocycles. The van der Waals surface area contributed by atoms with Gasteiger partial charge in [-0.2, -0.15) is 4.98 Å². The Hall–Kier alpha value is -3.06. The lowest BCUT2D eigenvalue weighted by Gasteiger charge is -2.07. The third-order valence-electron chi connectivity index (χ3n) is 4.31. The molecule has 2 heterocycles. The Balaban J connectivity index is 1.46. The van der Waals surface area contributed by atoms with Crippen LogP contribution in [0.15, 0.2) is 53.9 Å². The molecule has 0 bridgehead atoms. The molecule has 2 aromatic carbocycles. The monoisotopic (exact) mass is 380 g/mol. The number of aromatic nitrogens is 3. The zero-order valence-electron chi connectivity index (χ0n) is 14.6. The van der Waals surface area contributed by atoms with Crippen LogP contribution in [0.3, 0.4) is 0 Å². The summed E-state index contributed by atoms with van der Waals surface area (Å²) in [7, 11) is 0. The summed E-state index contributed by atoms with van der Waals surface area (Å²) in [4.78, 5) is 17.6. The van der Waals surface area contributed by atoms with Crippen molar-refractivity contribution < 1.29 is 9.18 Å². The summed E-state index contributed by atoms with van der Waals surface area (Å²) in [6.45, 7) is 2.43. The molecular weight excluding hydrogens is 363 g/mol. The maximum atomic E-state index is 13.1. The van der Waals surface area contributed by atoms with E-state index in [2.05, 4.69) is 15.4 Å². The highest BCUT2D eigenvalue weighted by Crippen LogP contribution is 2.21. The van der Waals surface area contributed by atoms with Crippen molar-refractivity contribution in [1.29, 1.82) is 0 Å². The summed E-state index contributed by atoms with van der Waals surface area (Å²) in [6.07, 6.45) is 0.643. The van der Waals surface area contributed by atoms with E-state index in [1.54, 1.807) is 16.6 Å². The Kier molecular flexibility index (Phi) is 4.68. The molecule has 1 amide bonds. The van der Waals surface area contributed by atoms with Crippen LogP contribution in [-0.2, 0) is 6.42 Å². The molecule has 27 heavy (non-hydrogen) atoms. The van der Waals surface area contributed by atoms with Gasteiger partial charge in [0.2, 0.25) is 4.96 Å². The van der Waals surface area contributed by atoms with Crippen molar-refractivity contribution in [1.82, 2.24) is 19.9 Å². The minimum atomic E-state index is -0.287. The maximum Gasteiger partial charge on any atom is 0.251 e. The average Bonchev–Trinajstić information content (AvgIpc) is 3.24. The van der Waals surface area contributed by atoms with Crippen molar-refractivity contribution in [3.63, 3.8) is 0 Å². The first-order valence-corrected chi connectivity index (χ1v) is 9.43. The van der Waals surface area contributed by atoms with E-state index in [9.17, 15) is 9.18 Å². The highest BCUT2D eigenvalue weighted by atomic mass is 32.1. The molecule has 0 atom stereocenters. The second-order valence-electron chi connectivity index (χ2n) is 6.18. The number of halogens is 1. The van der Waals surface area contributed by atoms with Gasteiger partial charge in [0.15, 0.2) is 5.82 Å². The molecule has 0 radical (unpaired) electrons. The zero-order chi connectivity index (χ0) is 18.8. The number of fused-ring (bicyclic) bond motifs is 1. The number of nitrogens with one attached hydrogen (secondary N) is 1. The molecule has 7 heteroatoms. The molecule has 0 saturated heterocycles. The van der Waals surface area contributed by atoms with Gasteiger partial charge in [0.25, 0.3) is 5.91 Å². The van der Waals surface area contributed by atoms with Gasteiger partial charge in [0.05, 0.1) is 5.69 Å². The van der Waals surface area contributed by atoms with Gasteiger partial charge >= 0.3 is 0 Å². The van der Waals surface area contributed by atoms with Crippen molar-refractivity contribution in [2.45, 2.75) is 13.3 Å². The van der Waals surface area contributed by atoms with Crippen molar-refractivity contribution >= 4 is 22.2 Å². The summed E-state index contributed by atoms with van der Waals surface area (Å²) >= 11 is 1.49. The van der Waals surface area contributed by atoms with Crippen LogP contribution in [0, 0.1) is 12.7 Å². The molecule has 1 N–H and O–H groups in total. The third kappa shape index (κ3) is 3.59. The van der Waals surface area contributed by atoms with Gasteiger partial charge in [-0.05, 0) is 42.8 Å². The second kappa shape index (κ2) is 7.28. The minimum Gasteiger partial charge on any atom is -0.352 e. The Morgan fingerprint density at radius 2 is 1.96 bits per heavy atom. The van der Waals surface area contributed by atoms with Gasteiger partial charge in [-0.3, -0.25) is 4.79 Å². The summed E-state index contributed by atoms with van der Waals surface area (Å²) < 4.78 is 14.9. The number of nitrogens with zero attached hydrogens (tertiary/aromatic N) is 3. The van der Waals surface area contributed by atoms with E-state index < -0.39 is 0 Å². The molecule has 0 aliphatic carbocycles. The first kappa shape index (κ1) is 17.4. The number of amides is 1. The zero-order valence-corrected chi connectivity index (χ0v) is 15.5. The van der Waals surface area contributed by atoms with Crippen molar-refractivity contribution in [3.8, 4) is 11.4 Å². The Morgan fingerprint density at radius 3 is 2.74 bits per heavy atom. The summed E-state index contributed by atoms with van der Waals surface area (Å²) in [6, 6.07) is 13.6. The molecule has 0 unspecified atom stereocenters. The van der Waals surface area contributed by atoms with Crippen molar-refractivity contribution in [2.75, 3.05) is 6.54 Å². The first-order chi connectivity index (χ1) is 13.1. The van der Waals surface area contributed by atoms with Crippen molar-refractivity contribution in [2.24, 2.45) is 0 Å². The molecule has 0 fully saturated rings. The van der Waals surface area contributed by atoms with Crippen LogP contribution in [-0.4, -0.2) is 27.0 Å². The molecule has 136 valence electrons. The summed E-state index contributed by atoms with van der Waals surface area (Å²) in [5.41, 5.74) is 3.38. The lowest BCUT2D eigenvalue weighted by atomic mass is 10.1. The highest BCUT2D eigenvalue weighted by molar-refractivity contribution is 7.15. The van der Waals surface area contributed by atoms with E-state index >= 15 is 0 Å². The van der Waals surface area contributed by atoms with E-state index in [0.29, 0.717) is 24.4 Å².